The zero-order valence-electron chi connectivity index (χ0n) is 10.6. The summed E-state index contributed by atoms with van der Waals surface area (Å²) < 4.78 is 3.67. The number of aromatic nitrogens is 5. The molecule has 0 bridgehead atoms. The topological polar surface area (TPSA) is 68.2 Å². The summed E-state index contributed by atoms with van der Waals surface area (Å²) in [6.07, 6.45) is 5.21. The van der Waals surface area contributed by atoms with Gasteiger partial charge in [0.2, 0.25) is 0 Å². The van der Waals surface area contributed by atoms with E-state index in [4.69, 9.17) is 0 Å². The molecule has 0 saturated heterocycles. The van der Waals surface area contributed by atoms with E-state index in [1.54, 1.807) is 16.9 Å². The fraction of sp³-hybridized carbons (Fsp3) is 0.250. The lowest BCUT2D eigenvalue weighted by Crippen LogP contribution is -1.98. The van der Waals surface area contributed by atoms with Crippen LogP contribution in [0.3, 0.4) is 0 Å². The van der Waals surface area contributed by atoms with Crippen molar-refractivity contribution in [1.82, 2.24) is 24.1 Å². The van der Waals surface area contributed by atoms with Gasteiger partial charge in [0.25, 0.3) is 0 Å². The highest BCUT2D eigenvalue weighted by Crippen LogP contribution is 2.28. The van der Waals surface area contributed by atoms with Crippen molar-refractivity contribution in [2.24, 2.45) is 7.05 Å². The summed E-state index contributed by atoms with van der Waals surface area (Å²) in [5.74, 6) is 0. The first-order chi connectivity index (χ1) is 9.19. The second-order valence-corrected chi connectivity index (χ2v) is 5.16. The lowest BCUT2D eigenvalue weighted by Gasteiger charge is -2.04. The van der Waals surface area contributed by atoms with Crippen LogP contribution >= 0.6 is 11.8 Å². The van der Waals surface area contributed by atoms with Crippen LogP contribution in [0.5, 0.6) is 0 Å². The van der Waals surface area contributed by atoms with E-state index in [0.29, 0.717) is 0 Å². The van der Waals surface area contributed by atoms with Gasteiger partial charge >= 0.3 is 0 Å². The summed E-state index contributed by atoms with van der Waals surface area (Å²) >= 11 is 1.46. The second-order valence-electron chi connectivity index (χ2n) is 4.20. The first-order valence-electron chi connectivity index (χ1n) is 5.79. The summed E-state index contributed by atoms with van der Waals surface area (Å²) in [4.78, 5) is 8.67. The van der Waals surface area contributed by atoms with Crippen molar-refractivity contribution in [2.45, 2.75) is 23.7 Å². The fourth-order valence-electron chi connectivity index (χ4n) is 1.85. The van der Waals surface area contributed by atoms with Crippen LogP contribution in [-0.2, 0) is 13.7 Å². The van der Waals surface area contributed by atoms with E-state index in [1.165, 1.54) is 11.8 Å². The van der Waals surface area contributed by atoms with Gasteiger partial charge in [-0.3, -0.25) is 0 Å². The largest absolute Gasteiger partial charge is 0.390 e. The van der Waals surface area contributed by atoms with Crippen LogP contribution < -0.4 is 0 Å². The van der Waals surface area contributed by atoms with Crippen LogP contribution in [-0.4, -0.2) is 29.3 Å². The summed E-state index contributed by atoms with van der Waals surface area (Å²) in [5, 5.41) is 15.2. The van der Waals surface area contributed by atoms with Crippen molar-refractivity contribution in [2.75, 3.05) is 0 Å². The number of imidazole rings is 1. The van der Waals surface area contributed by atoms with Crippen molar-refractivity contribution in [3.63, 3.8) is 0 Å². The Morgan fingerprint density at radius 2 is 2.21 bits per heavy atom. The Kier molecular flexibility index (Phi) is 3.00. The molecule has 98 valence electrons. The Hall–Kier alpha value is -1.86. The first-order valence-corrected chi connectivity index (χ1v) is 6.61. The lowest BCUT2D eigenvalue weighted by atomic mass is 10.4. The molecule has 0 radical (unpaired) electrons. The van der Waals surface area contributed by atoms with Gasteiger partial charge < -0.3 is 9.67 Å². The summed E-state index contributed by atoms with van der Waals surface area (Å²) in [7, 11) is 1.88. The van der Waals surface area contributed by atoms with E-state index in [1.807, 2.05) is 30.8 Å². The minimum atomic E-state index is -0.0204. The summed E-state index contributed by atoms with van der Waals surface area (Å²) in [6, 6.07) is 1.99. The molecule has 3 rings (SSSR count). The molecule has 0 aliphatic carbocycles. The molecule has 3 aromatic heterocycles. The molecule has 0 unspecified atom stereocenters. The van der Waals surface area contributed by atoms with Gasteiger partial charge in [-0.1, -0.05) is 0 Å². The van der Waals surface area contributed by atoms with Gasteiger partial charge in [-0.05, 0) is 24.8 Å². The lowest BCUT2D eigenvalue weighted by molar-refractivity contribution is 0.271. The van der Waals surface area contributed by atoms with Gasteiger partial charge in [0.15, 0.2) is 5.16 Å². The average molecular weight is 275 g/mol. The molecule has 0 atom stereocenters. The molecule has 3 aromatic rings. The van der Waals surface area contributed by atoms with Crippen LogP contribution in [0.2, 0.25) is 0 Å². The quantitative estimate of drug-likeness (QED) is 0.783. The molecule has 7 heteroatoms. The predicted octanol–water partition coefficient (Wildman–Crippen LogP) is 1.41. The molecule has 0 aliphatic rings. The SMILES string of the molecule is Cc1cc2c(Sc3ncc(CO)n3C)nccn2n1. The minimum Gasteiger partial charge on any atom is -0.390 e. The number of aliphatic hydroxyl groups is 1. The Balaban J connectivity index is 2.03. The highest BCUT2D eigenvalue weighted by atomic mass is 32.2. The van der Waals surface area contributed by atoms with Crippen LogP contribution in [0.4, 0.5) is 0 Å². The number of nitrogens with zero attached hydrogens (tertiary/aromatic N) is 5. The number of rotatable bonds is 3. The molecular weight excluding hydrogens is 262 g/mol. The standard InChI is InChI=1S/C12H13N5OS/c1-8-5-10-11(13-3-4-17(10)15-8)19-12-14-6-9(7-18)16(12)2/h3-6,18H,7H2,1-2H3. The monoisotopic (exact) mass is 275 g/mol. The van der Waals surface area contributed by atoms with Crippen molar-refractivity contribution in [3.05, 3.63) is 36.0 Å². The third-order valence-corrected chi connectivity index (χ3v) is 3.94. The molecule has 3 heterocycles. The van der Waals surface area contributed by atoms with E-state index < -0.39 is 0 Å². The number of aliphatic hydroxyl groups excluding tert-OH is 1. The van der Waals surface area contributed by atoms with E-state index in [0.717, 1.165) is 27.1 Å². The van der Waals surface area contributed by atoms with Gasteiger partial charge in [-0.2, -0.15) is 5.10 Å². The maximum absolute atomic E-state index is 9.17. The highest BCUT2D eigenvalue weighted by Gasteiger charge is 2.12. The number of hydrogen-bond donors (Lipinski definition) is 1. The van der Waals surface area contributed by atoms with Crippen molar-refractivity contribution in [1.29, 1.82) is 0 Å². The van der Waals surface area contributed by atoms with Crippen LogP contribution in [0, 0.1) is 6.92 Å². The molecule has 1 N–H and O–H groups in total. The van der Waals surface area contributed by atoms with E-state index in [2.05, 4.69) is 15.1 Å². The predicted molar refractivity (Wildman–Crippen MR) is 71.0 cm³/mol. The number of fused-ring (bicyclic) bond motifs is 1. The van der Waals surface area contributed by atoms with Gasteiger partial charge in [0.1, 0.15) is 5.03 Å². The van der Waals surface area contributed by atoms with E-state index in [-0.39, 0.29) is 6.61 Å². The van der Waals surface area contributed by atoms with Crippen LogP contribution in [0.15, 0.2) is 34.8 Å². The molecule has 0 spiro atoms. The summed E-state index contributed by atoms with van der Waals surface area (Å²) in [5.41, 5.74) is 2.68. The molecule has 0 saturated carbocycles. The Morgan fingerprint density at radius 1 is 1.37 bits per heavy atom. The Labute approximate surface area is 114 Å². The van der Waals surface area contributed by atoms with Gasteiger partial charge in [0.05, 0.1) is 29.7 Å². The molecule has 19 heavy (non-hydrogen) atoms. The molecule has 0 amide bonds. The van der Waals surface area contributed by atoms with E-state index >= 15 is 0 Å². The fourth-order valence-corrected chi connectivity index (χ4v) is 2.76. The zero-order valence-corrected chi connectivity index (χ0v) is 11.4. The molecule has 0 fully saturated rings. The highest BCUT2D eigenvalue weighted by molar-refractivity contribution is 7.99. The number of hydrogen-bond acceptors (Lipinski definition) is 5. The Bertz CT molecular complexity index is 733. The third-order valence-electron chi connectivity index (χ3n) is 2.87. The second kappa shape index (κ2) is 4.67. The van der Waals surface area contributed by atoms with Crippen molar-refractivity contribution < 1.29 is 5.11 Å². The third kappa shape index (κ3) is 2.11. The van der Waals surface area contributed by atoms with E-state index in [9.17, 15) is 5.11 Å². The first kappa shape index (κ1) is 12.2. The van der Waals surface area contributed by atoms with Gasteiger partial charge in [-0.25, -0.2) is 14.5 Å². The zero-order chi connectivity index (χ0) is 13.4. The minimum absolute atomic E-state index is 0.0204. The maximum Gasteiger partial charge on any atom is 0.174 e. The number of aryl methyl sites for hydroxylation is 1. The van der Waals surface area contributed by atoms with Gasteiger partial charge in [0, 0.05) is 19.4 Å². The smallest absolute Gasteiger partial charge is 0.174 e. The van der Waals surface area contributed by atoms with Crippen molar-refractivity contribution >= 4 is 17.3 Å². The summed E-state index contributed by atoms with van der Waals surface area (Å²) in [6.45, 7) is 1.93. The van der Waals surface area contributed by atoms with Gasteiger partial charge in [-0.15, -0.1) is 0 Å². The van der Waals surface area contributed by atoms with Crippen LogP contribution in [0.1, 0.15) is 11.4 Å². The molecule has 0 aliphatic heterocycles. The Morgan fingerprint density at radius 3 is 2.95 bits per heavy atom. The average Bonchev–Trinajstić information content (AvgIpc) is 2.93. The van der Waals surface area contributed by atoms with Crippen molar-refractivity contribution in [3.8, 4) is 0 Å². The normalized spacial score (nSPS) is 11.3. The molecular formula is C12H13N5OS. The molecule has 0 aromatic carbocycles. The maximum atomic E-state index is 9.17. The molecule has 6 nitrogen and oxygen atoms in total. The van der Waals surface area contributed by atoms with Crippen LogP contribution in [0.25, 0.3) is 5.52 Å².